The van der Waals surface area contributed by atoms with Gasteiger partial charge in [0.1, 0.15) is 11.5 Å². The highest BCUT2D eigenvalue weighted by molar-refractivity contribution is 6.33. The molecule has 2 rings (SSSR count). The summed E-state index contributed by atoms with van der Waals surface area (Å²) in [5.74, 6) is 1.82. The molecule has 0 bridgehead atoms. The summed E-state index contributed by atoms with van der Waals surface area (Å²) in [6.45, 7) is 5.64. The van der Waals surface area contributed by atoms with E-state index in [9.17, 15) is 4.79 Å². The van der Waals surface area contributed by atoms with Crippen LogP contribution in [0.2, 0.25) is 5.02 Å². The molecule has 1 saturated carbocycles. The summed E-state index contributed by atoms with van der Waals surface area (Å²) in [7, 11) is 0. The first-order chi connectivity index (χ1) is 8.61. The zero-order chi connectivity index (χ0) is 13.1. The standard InChI is InChI=1S/C13H18ClN3O/c1-3-15-11-5-4-10(14)12(17-11)13(18)16-7-9-6-8(9)2/h4-5,8-9H,3,6-7H2,1-2H3,(H,15,17)(H,16,18). The second-order valence-electron chi connectivity index (χ2n) is 4.74. The molecule has 1 heterocycles. The predicted molar refractivity (Wildman–Crippen MR) is 73.0 cm³/mol. The second kappa shape index (κ2) is 5.57. The van der Waals surface area contributed by atoms with Crippen LogP contribution in [0.1, 0.15) is 30.8 Å². The number of anilines is 1. The zero-order valence-electron chi connectivity index (χ0n) is 10.7. The van der Waals surface area contributed by atoms with Gasteiger partial charge in [-0.2, -0.15) is 0 Å². The Morgan fingerprint density at radius 2 is 2.28 bits per heavy atom. The number of carbonyl (C=O) groups is 1. The van der Waals surface area contributed by atoms with E-state index in [1.807, 2.05) is 6.92 Å². The average molecular weight is 268 g/mol. The SMILES string of the molecule is CCNc1ccc(Cl)c(C(=O)NCC2CC2C)n1. The third-order valence-corrected chi connectivity index (χ3v) is 3.52. The topological polar surface area (TPSA) is 54.0 Å². The summed E-state index contributed by atoms with van der Waals surface area (Å²) in [5, 5.41) is 6.34. The number of amides is 1. The molecule has 1 aliphatic rings. The first kappa shape index (κ1) is 13.1. The molecule has 2 N–H and O–H groups in total. The van der Waals surface area contributed by atoms with Gasteiger partial charge in [-0.25, -0.2) is 4.98 Å². The molecule has 18 heavy (non-hydrogen) atoms. The number of nitrogens with zero attached hydrogens (tertiary/aromatic N) is 1. The van der Waals surface area contributed by atoms with Crippen LogP contribution in [0.4, 0.5) is 5.82 Å². The molecule has 2 unspecified atom stereocenters. The van der Waals surface area contributed by atoms with Gasteiger partial charge in [-0.05, 0) is 37.3 Å². The van der Waals surface area contributed by atoms with E-state index in [2.05, 4.69) is 22.5 Å². The van der Waals surface area contributed by atoms with Crippen molar-refractivity contribution >= 4 is 23.3 Å². The van der Waals surface area contributed by atoms with E-state index in [0.717, 1.165) is 12.5 Å². The van der Waals surface area contributed by atoms with Crippen LogP contribution < -0.4 is 10.6 Å². The number of hydrogen-bond acceptors (Lipinski definition) is 3. The number of halogens is 1. The molecule has 2 atom stereocenters. The number of carbonyl (C=O) groups excluding carboxylic acids is 1. The fraction of sp³-hybridized carbons (Fsp3) is 0.538. The zero-order valence-corrected chi connectivity index (χ0v) is 11.4. The van der Waals surface area contributed by atoms with Crippen LogP contribution in [-0.2, 0) is 0 Å². The number of rotatable bonds is 5. The van der Waals surface area contributed by atoms with Crippen molar-refractivity contribution < 1.29 is 4.79 Å². The van der Waals surface area contributed by atoms with Crippen molar-refractivity contribution in [3.8, 4) is 0 Å². The molecule has 0 saturated heterocycles. The highest BCUT2D eigenvalue weighted by atomic mass is 35.5. The highest BCUT2D eigenvalue weighted by Gasteiger charge is 2.32. The van der Waals surface area contributed by atoms with Gasteiger partial charge in [0, 0.05) is 13.1 Å². The average Bonchev–Trinajstić information content (AvgIpc) is 3.05. The molecule has 1 aromatic heterocycles. The minimum atomic E-state index is -0.196. The fourth-order valence-electron chi connectivity index (χ4n) is 1.87. The number of nitrogens with one attached hydrogen (secondary N) is 2. The van der Waals surface area contributed by atoms with Crippen LogP contribution in [-0.4, -0.2) is 24.0 Å². The van der Waals surface area contributed by atoms with Gasteiger partial charge >= 0.3 is 0 Å². The van der Waals surface area contributed by atoms with Gasteiger partial charge in [-0.3, -0.25) is 4.79 Å². The van der Waals surface area contributed by atoms with E-state index in [1.54, 1.807) is 12.1 Å². The lowest BCUT2D eigenvalue weighted by Gasteiger charge is -2.08. The van der Waals surface area contributed by atoms with Crippen LogP contribution in [0.5, 0.6) is 0 Å². The van der Waals surface area contributed by atoms with Crippen molar-refractivity contribution in [3.63, 3.8) is 0 Å². The largest absolute Gasteiger partial charge is 0.370 e. The molecule has 4 nitrogen and oxygen atoms in total. The maximum Gasteiger partial charge on any atom is 0.271 e. The fourth-order valence-corrected chi connectivity index (χ4v) is 2.06. The summed E-state index contributed by atoms with van der Waals surface area (Å²) in [6.07, 6.45) is 1.19. The Morgan fingerprint density at radius 3 is 2.89 bits per heavy atom. The molecular weight excluding hydrogens is 250 g/mol. The molecule has 1 amide bonds. The van der Waals surface area contributed by atoms with Crippen LogP contribution in [0.15, 0.2) is 12.1 Å². The number of pyridine rings is 1. The van der Waals surface area contributed by atoms with E-state index >= 15 is 0 Å². The van der Waals surface area contributed by atoms with Crippen molar-refractivity contribution in [2.45, 2.75) is 20.3 Å². The lowest BCUT2D eigenvalue weighted by atomic mass is 10.3. The molecule has 0 aromatic carbocycles. The van der Waals surface area contributed by atoms with E-state index in [-0.39, 0.29) is 5.91 Å². The third kappa shape index (κ3) is 3.13. The van der Waals surface area contributed by atoms with Gasteiger partial charge in [0.15, 0.2) is 0 Å². The maximum atomic E-state index is 12.0. The highest BCUT2D eigenvalue weighted by Crippen LogP contribution is 2.36. The van der Waals surface area contributed by atoms with Crippen LogP contribution in [0.3, 0.4) is 0 Å². The molecule has 0 spiro atoms. The lowest BCUT2D eigenvalue weighted by molar-refractivity contribution is 0.0946. The van der Waals surface area contributed by atoms with Crippen molar-refractivity contribution in [1.82, 2.24) is 10.3 Å². The predicted octanol–water partition coefficient (Wildman–Crippen LogP) is 2.55. The summed E-state index contributed by atoms with van der Waals surface area (Å²) >= 11 is 6.00. The van der Waals surface area contributed by atoms with Gasteiger partial charge in [0.25, 0.3) is 5.91 Å². The van der Waals surface area contributed by atoms with E-state index in [0.29, 0.717) is 29.0 Å². The summed E-state index contributed by atoms with van der Waals surface area (Å²) in [5.41, 5.74) is 0.295. The van der Waals surface area contributed by atoms with Crippen molar-refractivity contribution in [2.24, 2.45) is 11.8 Å². The Morgan fingerprint density at radius 1 is 1.56 bits per heavy atom. The summed E-state index contributed by atoms with van der Waals surface area (Å²) < 4.78 is 0. The summed E-state index contributed by atoms with van der Waals surface area (Å²) in [4.78, 5) is 16.2. The quantitative estimate of drug-likeness (QED) is 0.862. The maximum absolute atomic E-state index is 12.0. The lowest BCUT2D eigenvalue weighted by Crippen LogP contribution is -2.27. The normalized spacial score (nSPS) is 21.5. The third-order valence-electron chi connectivity index (χ3n) is 3.22. The van der Waals surface area contributed by atoms with Gasteiger partial charge in [0.05, 0.1) is 5.02 Å². The van der Waals surface area contributed by atoms with Gasteiger partial charge in [-0.1, -0.05) is 18.5 Å². The van der Waals surface area contributed by atoms with E-state index in [1.165, 1.54) is 6.42 Å². The Hall–Kier alpha value is -1.29. The minimum absolute atomic E-state index is 0.196. The molecule has 5 heteroatoms. The van der Waals surface area contributed by atoms with Crippen molar-refractivity contribution in [2.75, 3.05) is 18.4 Å². The molecule has 1 aliphatic carbocycles. The Bertz CT molecular complexity index is 450. The molecule has 1 fully saturated rings. The number of aromatic nitrogens is 1. The van der Waals surface area contributed by atoms with E-state index in [4.69, 9.17) is 11.6 Å². The minimum Gasteiger partial charge on any atom is -0.370 e. The van der Waals surface area contributed by atoms with Gasteiger partial charge < -0.3 is 10.6 Å². The summed E-state index contributed by atoms with van der Waals surface area (Å²) in [6, 6.07) is 3.47. The Labute approximate surface area is 112 Å². The van der Waals surface area contributed by atoms with E-state index < -0.39 is 0 Å². The van der Waals surface area contributed by atoms with Crippen LogP contribution in [0.25, 0.3) is 0 Å². The Balaban J connectivity index is 2.01. The van der Waals surface area contributed by atoms with Crippen LogP contribution in [0, 0.1) is 11.8 Å². The van der Waals surface area contributed by atoms with Crippen LogP contribution >= 0.6 is 11.6 Å². The van der Waals surface area contributed by atoms with Crippen molar-refractivity contribution in [1.29, 1.82) is 0 Å². The molecule has 0 radical (unpaired) electrons. The van der Waals surface area contributed by atoms with Gasteiger partial charge in [0.2, 0.25) is 0 Å². The molecule has 1 aromatic rings. The first-order valence-electron chi connectivity index (χ1n) is 6.30. The first-order valence-corrected chi connectivity index (χ1v) is 6.68. The smallest absolute Gasteiger partial charge is 0.271 e. The molecule has 0 aliphatic heterocycles. The second-order valence-corrected chi connectivity index (χ2v) is 5.15. The molecule has 98 valence electrons. The number of hydrogen-bond donors (Lipinski definition) is 2. The van der Waals surface area contributed by atoms with Gasteiger partial charge in [-0.15, -0.1) is 0 Å². The molecular formula is C13H18ClN3O. The van der Waals surface area contributed by atoms with Crippen molar-refractivity contribution in [3.05, 3.63) is 22.8 Å². The monoisotopic (exact) mass is 267 g/mol. The Kier molecular flexibility index (Phi) is 4.07.